The Morgan fingerprint density at radius 2 is 2.00 bits per heavy atom. The van der Waals surface area contributed by atoms with Gasteiger partial charge < -0.3 is 9.64 Å². The van der Waals surface area contributed by atoms with Gasteiger partial charge >= 0.3 is 0 Å². The second kappa shape index (κ2) is 5.21. The Balaban J connectivity index is 2.21. The van der Waals surface area contributed by atoms with E-state index in [2.05, 4.69) is 0 Å². The Morgan fingerprint density at radius 3 is 2.56 bits per heavy atom. The second-order valence-electron chi connectivity index (χ2n) is 4.49. The summed E-state index contributed by atoms with van der Waals surface area (Å²) in [5.74, 6) is 0.157. The van der Waals surface area contributed by atoms with Crippen molar-refractivity contribution in [1.29, 1.82) is 0 Å². The minimum Gasteiger partial charge on any atom is -0.497 e. The first-order valence-electron chi connectivity index (χ1n) is 6.09. The minimum absolute atomic E-state index is 0.0433. The lowest BCUT2D eigenvalue weighted by atomic mass is 9.93. The molecule has 0 aromatic heterocycles. The van der Waals surface area contributed by atoms with Crippen molar-refractivity contribution in [3.63, 3.8) is 0 Å². The number of amides is 1. The van der Waals surface area contributed by atoms with E-state index in [9.17, 15) is 9.59 Å². The zero-order valence-corrected chi connectivity index (χ0v) is 10.7. The second-order valence-corrected chi connectivity index (χ2v) is 4.49. The lowest BCUT2D eigenvalue weighted by molar-refractivity contribution is -0.132. The van der Waals surface area contributed by atoms with E-state index in [0.29, 0.717) is 13.0 Å². The van der Waals surface area contributed by atoms with Gasteiger partial charge in [0.15, 0.2) is 0 Å². The van der Waals surface area contributed by atoms with Gasteiger partial charge in [-0.2, -0.15) is 0 Å². The molecule has 1 amide bonds. The molecule has 18 heavy (non-hydrogen) atoms. The van der Waals surface area contributed by atoms with Crippen LogP contribution in [0.15, 0.2) is 24.3 Å². The van der Waals surface area contributed by atoms with E-state index in [1.165, 1.54) is 6.92 Å². The molecule has 0 spiro atoms. The highest BCUT2D eigenvalue weighted by Crippen LogP contribution is 2.26. The average molecular weight is 247 g/mol. The topological polar surface area (TPSA) is 46.6 Å². The van der Waals surface area contributed by atoms with Gasteiger partial charge in [0.1, 0.15) is 11.5 Å². The van der Waals surface area contributed by atoms with Crippen molar-refractivity contribution < 1.29 is 14.3 Å². The van der Waals surface area contributed by atoms with E-state index in [1.54, 1.807) is 12.0 Å². The summed E-state index contributed by atoms with van der Waals surface area (Å²) in [6.07, 6.45) is 1.53. The predicted molar refractivity (Wildman–Crippen MR) is 68.8 cm³/mol. The molecular formula is C14H17NO3. The van der Waals surface area contributed by atoms with E-state index < -0.39 is 5.92 Å². The summed E-state index contributed by atoms with van der Waals surface area (Å²) >= 11 is 0. The van der Waals surface area contributed by atoms with E-state index in [0.717, 1.165) is 17.9 Å². The number of carbonyl (C=O) groups excluding carboxylic acids is 2. The number of ether oxygens (including phenoxy) is 1. The van der Waals surface area contributed by atoms with Gasteiger partial charge in [-0.15, -0.1) is 0 Å². The van der Waals surface area contributed by atoms with Crippen molar-refractivity contribution in [3.8, 4) is 5.75 Å². The summed E-state index contributed by atoms with van der Waals surface area (Å²) in [5, 5.41) is 0. The molecule has 1 aromatic carbocycles. The quantitative estimate of drug-likeness (QED) is 0.768. The van der Waals surface area contributed by atoms with Crippen molar-refractivity contribution in [2.45, 2.75) is 19.8 Å². The van der Waals surface area contributed by atoms with E-state index in [4.69, 9.17) is 4.74 Å². The molecule has 2 rings (SSSR count). The molecule has 96 valence electrons. The van der Waals surface area contributed by atoms with Crippen molar-refractivity contribution in [3.05, 3.63) is 24.3 Å². The maximum atomic E-state index is 12.2. The number of methoxy groups -OCH3 is 1. The van der Waals surface area contributed by atoms with Crippen molar-refractivity contribution in [1.82, 2.24) is 0 Å². The standard InChI is InChI=1S/C14H17NO3/c1-10(16)13-4-3-9-15(14(13)17)11-5-7-12(18-2)8-6-11/h5-8,13H,3-4,9H2,1-2H3/t13-/m1/s1. The van der Waals surface area contributed by atoms with Gasteiger partial charge in [-0.3, -0.25) is 9.59 Å². The summed E-state index contributed by atoms with van der Waals surface area (Å²) < 4.78 is 5.09. The molecule has 4 heteroatoms. The highest BCUT2D eigenvalue weighted by atomic mass is 16.5. The van der Waals surface area contributed by atoms with Crippen molar-refractivity contribution >= 4 is 17.4 Å². The third-order valence-electron chi connectivity index (χ3n) is 3.31. The fourth-order valence-electron chi connectivity index (χ4n) is 2.27. The third kappa shape index (κ3) is 2.37. The fourth-order valence-corrected chi connectivity index (χ4v) is 2.27. The summed E-state index contributed by atoms with van der Waals surface area (Å²) in [4.78, 5) is 25.3. The highest BCUT2D eigenvalue weighted by molar-refractivity contribution is 6.08. The SMILES string of the molecule is COc1ccc(N2CCC[C@H](C(C)=O)C2=O)cc1. The van der Waals surface area contributed by atoms with Crippen molar-refractivity contribution in [2.24, 2.45) is 5.92 Å². The normalized spacial score (nSPS) is 19.8. The van der Waals surface area contributed by atoms with Crippen LogP contribution in [0.2, 0.25) is 0 Å². The first-order chi connectivity index (χ1) is 8.63. The number of Topliss-reactive ketones (excluding diaryl/α,β-unsaturated/α-hetero) is 1. The van der Waals surface area contributed by atoms with Gasteiger partial charge in [0.05, 0.1) is 13.0 Å². The summed E-state index contributed by atoms with van der Waals surface area (Å²) in [5.41, 5.74) is 0.826. The van der Waals surface area contributed by atoms with Crippen LogP contribution in [0.5, 0.6) is 5.75 Å². The molecule has 0 aliphatic carbocycles. The van der Waals surface area contributed by atoms with Gasteiger partial charge in [0.2, 0.25) is 5.91 Å². The fraction of sp³-hybridized carbons (Fsp3) is 0.429. The van der Waals surface area contributed by atoms with Gasteiger partial charge in [0.25, 0.3) is 0 Å². The highest BCUT2D eigenvalue weighted by Gasteiger charge is 2.32. The third-order valence-corrected chi connectivity index (χ3v) is 3.31. The molecule has 4 nitrogen and oxygen atoms in total. The van der Waals surface area contributed by atoms with Crippen LogP contribution < -0.4 is 9.64 Å². The predicted octanol–water partition coefficient (Wildman–Crippen LogP) is 2.03. The molecule has 1 fully saturated rings. The Bertz CT molecular complexity index is 453. The number of carbonyl (C=O) groups is 2. The molecule has 0 radical (unpaired) electrons. The number of hydrogen-bond donors (Lipinski definition) is 0. The van der Waals surface area contributed by atoms with E-state index in [-0.39, 0.29) is 11.7 Å². The van der Waals surface area contributed by atoms with E-state index in [1.807, 2.05) is 24.3 Å². The lowest BCUT2D eigenvalue weighted by Gasteiger charge is -2.31. The van der Waals surface area contributed by atoms with Crippen LogP contribution in [0.1, 0.15) is 19.8 Å². The summed E-state index contributed by atoms with van der Waals surface area (Å²) in [6.45, 7) is 2.16. The smallest absolute Gasteiger partial charge is 0.237 e. The molecule has 1 saturated heterocycles. The van der Waals surface area contributed by atoms with Gasteiger partial charge in [0, 0.05) is 12.2 Å². The lowest BCUT2D eigenvalue weighted by Crippen LogP contribution is -2.43. The van der Waals surface area contributed by atoms with E-state index >= 15 is 0 Å². The van der Waals surface area contributed by atoms with Crippen LogP contribution >= 0.6 is 0 Å². The summed E-state index contributed by atoms with van der Waals surface area (Å²) in [6, 6.07) is 7.33. The van der Waals surface area contributed by atoms with Gasteiger partial charge in [-0.1, -0.05) is 0 Å². The molecule has 0 N–H and O–H groups in total. The molecule has 0 saturated carbocycles. The van der Waals surface area contributed by atoms with Crippen LogP contribution in [0.3, 0.4) is 0 Å². The Hall–Kier alpha value is -1.84. The monoisotopic (exact) mass is 247 g/mol. The largest absolute Gasteiger partial charge is 0.497 e. The first kappa shape index (κ1) is 12.6. The number of rotatable bonds is 3. The number of ketones is 1. The van der Waals surface area contributed by atoms with Crippen LogP contribution in [0.4, 0.5) is 5.69 Å². The molecule has 0 unspecified atom stereocenters. The Labute approximate surface area is 107 Å². The number of benzene rings is 1. The zero-order chi connectivity index (χ0) is 13.1. The molecule has 1 aliphatic rings. The molecule has 1 heterocycles. The maximum absolute atomic E-state index is 12.2. The van der Waals surface area contributed by atoms with Gasteiger partial charge in [-0.05, 0) is 44.0 Å². The first-order valence-corrected chi connectivity index (χ1v) is 6.09. The average Bonchev–Trinajstić information content (AvgIpc) is 2.39. The number of hydrogen-bond acceptors (Lipinski definition) is 3. The number of anilines is 1. The number of nitrogens with zero attached hydrogens (tertiary/aromatic N) is 1. The molecular weight excluding hydrogens is 230 g/mol. The van der Waals surface area contributed by atoms with Gasteiger partial charge in [-0.25, -0.2) is 0 Å². The summed E-state index contributed by atoms with van der Waals surface area (Å²) in [7, 11) is 1.60. The van der Waals surface area contributed by atoms with Crippen LogP contribution in [-0.4, -0.2) is 25.3 Å². The van der Waals surface area contributed by atoms with Crippen LogP contribution in [0, 0.1) is 5.92 Å². The van der Waals surface area contributed by atoms with Crippen LogP contribution in [-0.2, 0) is 9.59 Å². The molecule has 0 bridgehead atoms. The van der Waals surface area contributed by atoms with Crippen molar-refractivity contribution in [2.75, 3.05) is 18.6 Å². The number of piperidine rings is 1. The molecule has 1 aliphatic heterocycles. The minimum atomic E-state index is -0.471. The molecule has 1 atom stereocenters. The Morgan fingerprint density at radius 1 is 1.33 bits per heavy atom. The molecule has 1 aromatic rings. The Kier molecular flexibility index (Phi) is 3.65. The maximum Gasteiger partial charge on any atom is 0.237 e. The zero-order valence-electron chi connectivity index (χ0n) is 10.7. The van der Waals surface area contributed by atoms with Crippen LogP contribution in [0.25, 0.3) is 0 Å².